The molecule has 0 N–H and O–H groups in total. The van der Waals surface area contributed by atoms with Crippen LogP contribution in [0.25, 0.3) is 0 Å². The fourth-order valence-corrected chi connectivity index (χ4v) is 16.7. The van der Waals surface area contributed by atoms with Crippen molar-refractivity contribution in [2.75, 3.05) is 0 Å². The third-order valence-corrected chi connectivity index (χ3v) is 21.5. The molecule has 20 heteroatoms. The first-order valence-corrected chi connectivity index (χ1v) is 30.8. The van der Waals surface area contributed by atoms with E-state index in [0.717, 1.165) is 0 Å². The molecule has 0 aromatic heterocycles. The number of hydrogen-bond acceptors (Lipinski definition) is 6. The Labute approximate surface area is 464 Å². The Bertz CT molecular complexity index is 2570. The molecule has 0 amide bonds. The summed E-state index contributed by atoms with van der Waals surface area (Å²) in [6, 6.07) is 87.5. The molecule has 0 atom stereocenters. The molecular formula is C54H48Au2F6O6P4S2+4. The first-order valence-electron chi connectivity index (χ1n) is 21.6. The summed E-state index contributed by atoms with van der Waals surface area (Å²) in [4.78, 5) is 0. The van der Waals surface area contributed by atoms with Gasteiger partial charge in [0.1, 0.15) is 65.7 Å². The number of halogens is 6. The Kier molecular flexibility index (Phi) is 27.5. The van der Waals surface area contributed by atoms with Crippen LogP contribution in [0.4, 0.5) is 26.3 Å². The molecule has 0 heterocycles. The molecule has 0 saturated heterocycles. The van der Waals surface area contributed by atoms with Gasteiger partial charge in [0.2, 0.25) is 0 Å². The van der Waals surface area contributed by atoms with Gasteiger partial charge in [-0.1, -0.05) is 146 Å². The molecule has 8 aromatic rings. The van der Waals surface area contributed by atoms with Crippen LogP contribution in [0.5, 0.6) is 0 Å². The maximum atomic E-state index is 10.7. The molecule has 8 aromatic carbocycles. The number of hydrogen-bond donors (Lipinski definition) is 0. The minimum absolute atomic E-state index is 0. The molecule has 6 nitrogen and oxygen atoms in total. The van der Waals surface area contributed by atoms with Gasteiger partial charge in [0, 0.05) is 0 Å². The molecule has 0 aliphatic rings. The van der Waals surface area contributed by atoms with Crippen LogP contribution in [0, 0.1) is 0 Å². The summed E-state index contributed by atoms with van der Waals surface area (Å²) in [5.41, 5.74) is -11.3. The molecule has 0 radical (unpaired) electrons. The van der Waals surface area contributed by atoms with Crippen LogP contribution in [0.2, 0.25) is 0 Å². The van der Waals surface area contributed by atoms with Gasteiger partial charge in [-0.05, 0) is 97.1 Å². The number of alkyl halides is 6. The normalized spacial score (nSPS) is 11.6. The molecule has 0 bridgehead atoms. The first kappa shape index (κ1) is 64.1. The molecule has 0 fully saturated rings. The van der Waals surface area contributed by atoms with E-state index in [2.05, 4.69) is 266 Å². The number of benzene rings is 8. The summed E-state index contributed by atoms with van der Waals surface area (Å²) in [5.74, 6) is 10.0. The molecule has 0 spiro atoms. The van der Waals surface area contributed by atoms with E-state index < -0.39 is 62.9 Å². The topological polar surface area (TPSA) is 114 Å². The van der Waals surface area contributed by atoms with Crippen LogP contribution in [0.1, 0.15) is 0 Å². The Morgan fingerprint density at radius 1 is 0.270 bits per heavy atom. The standard InChI is InChI=1S/2C26H22P2.2CHF3O3S.2Au/c2*1-5-13-23(14-6-1)27(24-15-7-2-8-16-24)21-22-28(25-17-9-3-10-18-25)26-19-11-4-12-20-26;2*2-1(3,4)8(5,6)7;;/h2*1-22H;2*(H,5,6,7);;/q;;;;2*+1/p+2/b2*22-21-;;;;. The van der Waals surface area contributed by atoms with Crippen LogP contribution >= 0.6 is 31.7 Å². The van der Waals surface area contributed by atoms with Gasteiger partial charge in [0.05, 0.1) is 31.7 Å². The van der Waals surface area contributed by atoms with Crippen molar-refractivity contribution in [3.8, 4) is 0 Å². The van der Waals surface area contributed by atoms with Crippen LogP contribution in [-0.4, -0.2) is 37.0 Å². The molecule has 392 valence electrons. The van der Waals surface area contributed by atoms with E-state index in [1.807, 2.05) is 0 Å². The van der Waals surface area contributed by atoms with Crippen LogP contribution in [0.15, 0.2) is 266 Å². The Morgan fingerprint density at radius 2 is 0.365 bits per heavy atom. The van der Waals surface area contributed by atoms with Gasteiger partial charge in [0.15, 0.2) is 20.2 Å². The largest absolute Gasteiger partial charge is 1.00 e. The fraction of sp³-hybridized carbons (Fsp3) is 0.0370. The van der Waals surface area contributed by atoms with E-state index in [0.29, 0.717) is 0 Å². The SMILES string of the molecule is C(=C/[PH+](c1ccccc1)c1ccccc1)/[PH+](c1ccccc1)c1ccccc1.C(=C/[PH+](c1ccccc1)c1ccccc1)/[PH+](c1ccccc1)c1ccccc1.O=S(=O)([O-])C(F)(F)F.O=S(=O)([O-])C(F)(F)F.[Au+].[Au+]. The minimum atomic E-state index is -6.09. The van der Waals surface area contributed by atoms with E-state index >= 15 is 0 Å². The van der Waals surface area contributed by atoms with Gasteiger partial charge >= 0.3 is 55.8 Å². The van der Waals surface area contributed by atoms with Gasteiger partial charge in [-0.3, -0.25) is 0 Å². The second-order valence-electron chi connectivity index (χ2n) is 15.0. The fourth-order valence-electron chi connectivity index (χ4n) is 6.71. The van der Waals surface area contributed by atoms with Gasteiger partial charge in [-0.2, -0.15) is 26.3 Å². The van der Waals surface area contributed by atoms with Crippen molar-refractivity contribution in [2.24, 2.45) is 0 Å². The smallest absolute Gasteiger partial charge is 0.741 e. The zero-order valence-corrected chi connectivity index (χ0v) is 48.5. The second kappa shape index (κ2) is 31.8. The third-order valence-electron chi connectivity index (χ3n) is 10.1. The van der Waals surface area contributed by atoms with Crippen LogP contribution in [-0.2, 0) is 65.0 Å². The van der Waals surface area contributed by atoms with Gasteiger partial charge in [-0.25, -0.2) is 16.8 Å². The van der Waals surface area contributed by atoms with E-state index in [-0.39, 0.29) is 44.8 Å². The zero-order chi connectivity index (χ0) is 52.0. The summed E-state index contributed by atoms with van der Waals surface area (Å²) in [6.07, 6.45) is 0. The molecular weight excluding hydrogens is 1440 g/mol. The monoisotopic (exact) mass is 1490 g/mol. The summed E-state index contributed by atoms with van der Waals surface area (Å²) in [6.45, 7) is 0. The Balaban J connectivity index is 0.000000296. The molecule has 8 rings (SSSR count). The molecule has 74 heavy (non-hydrogen) atoms. The molecule has 0 unspecified atom stereocenters. The summed E-state index contributed by atoms with van der Waals surface area (Å²) < 4.78 is 118. The van der Waals surface area contributed by atoms with Crippen molar-refractivity contribution < 1.29 is 97.0 Å². The van der Waals surface area contributed by atoms with Crippen molar-refractivity contribution in [2.45, 2.75) is 11.0 Å². The predicted molar refractivity (Wildman–Crippen MR) is 292 cm³/mol. The van der Waals surface area contributed by atoms with Crippen molar-refractivity contribution in [1.29, 1.82) is 0 Å². The molecule has 0 saturated carbocycles. The van der Waals surface area contributed by atoms with Crippen molar-refractivity contribution in [1.82, 2.24) is 0 Å². The van der Waals surface area contributed by atoms with Crippen molar-refractivity contribution in [3.63, 3.8) is 0 Å². The van der Waals surface area contributed by atoms with Crippen LogP contribution < -0.4 is 42.4 Å². The number of rotatable bonds is 12. The van der Waals surface area contributed by atoms with Crippen LogP contribution in [0.3, 0.4) is 0 Å². The van der Waals surface area contributed by atoms with E-state index in [1.165, 1.54) is 42.4 Å². The van der Waals surface area contributed by atoms with Gasteiger partial charge < -0.3 is 9.11 Å². The maximum Gasteiger partial charge on any atom is 1.00 e. The Hall–Kier alpha value is -4.16. The van der Waals surface area contributed by atoms with Gasteiger partial charge in [0.25, 0.3) is 0 Å². The average Bonchev–Trinajstić information content (AvgIpc) is 3.38. The third kappa shape index (κ3) is 21.1. The average molecular weight is 1490 g/mol. The van der Waals surface area contributed by atoms with E-state index in [4.69, 9.17) is 25.9 Å². The summed E-state index contributed by atoms with van der Waals surface area (Å²) >= 11 is 0. The summed E-state index contributed by atoms with van der Waals surface area (Å²) in [7, 11) is -16.0. The quantitative estimate of drug-likeness (QED) is 0.0396. The predicted octanol–water partition coefficient (Wildman–Crippen LogP) is 10.5. The van der Waals surface area contributed by atoms with Gasteiger partial charge in [-0.15, -0.1) is 0 Å². The maximum absolute atomic E-state index is 10.7. The Morgan fingerprint density at radius 3 is 0.446 bits per heavy atom. The second-order valence-corrected chi connectivity index (χ2v) is 27.1. The van der Waals surface area contributed by atoms with E-state index in [1.54, 1.807) is 0 Å². The first-order chi connectivity index (χ1) is 34.3. The summed E-state index contributed by atoms with van der Waals surface area (Å²) in [5, 5.41) is 11.4. The molecule has 0 aliphatic heterocycles. The minimum Gasteiger partial charge on any atom is -0.741 e. The zero-order valence-electron chi connectivity index (χ0n) is 38.5. The van der Waals surface area contributed by atoms with Crippen molar-refractivity contribution in [3.05, 3.63) is 266 Å². The van der Waals surface area contributed by atoms with E-state index in [9.17, 15) is 26.3 Å². The van der Waals surface area contributed by atoms with Crippen molar-refractivity contribution >= 4 is 94.4 Å². The molecule has 0 aliphatic carbocycles.